The first kappa shape index (κ1) is 14.6. The molecule has 0 saturated carbocycles. The molecule has 0 atom stereocenters. The summed E-state index contributed by atoms with van der Waals surface area (Å²) in [7, 11) is 0. The van der Waals surface area contributed by atoms with Crippen LogP contribution in [-0.4, -0.2) is 32.5 Å². The number of carbonyl (C=O) groups excluding carboxylic acids is 1. The van der Waals surface area contributed by atoms with Gasteiger partial charge in [0.15, 0.2) is 0 Å². The number of fused-ring (bicyclic) bond motifs is 1. The van der Waals surface area contributed by atoms with Crippen molar-refractivity contribution in [3.8, 4) is 0 Å². The molecule has 6 nitrogen and oxygen atoms in total. The summed E-state index contributed by atoms with van der Waals surface area (Å²) in [6.45, 7) is 1.18. The maximum atomic E-state index is 11.6. The Kier molecular flexibility index (Phi) is 4.00. The molecule has 0 radical (unpaired) electrons. The van der Waals surface area contributed by atoms with Crippen LogP contribution in [0.3, 0.4) is 0 Å². The van der Waals surface area contributed by atoms with Gasteiger partial charge >= 0.3 is 0 Å². The normalized spacial score (nSPS) is 15.0. The van der Waals surface area contributed by atoms with Crippen molar-refractivity contribution in [1.82, 2.24) is 20.1 Å². The molecule has 1 aromatic carbocycles. The third-order valence-electron chi connectivity index (χ3n) is 3.60. The zero-order chi connectivity index (χ0) is 15.6. The fourth-order valence-electron chi connectivity index (χ4n) is 2.50. The van der Waals surface area contributed by atoms with Crippen molar-refractivity contribution in [3.63, 3.8) is 0 Å². The van der Waals surface area contributed by atoms with Crippen molar-refractivity contribution in [2.24, 2.45) is 0 Å². The maximum absolute atomic E-state index is 11.6. The Labute approximate surface area is 140 Å². The van der Waals surface area contributed by atoms with Gasteiger partial charge in [0.05, 0.1) is 22.5 Å². The van der Waals surface area contributed by atoms with Crippen molar-refractivity contribution >= 4 is 39.2 Å². The molecule has 3 aromatic rings. The van der Waals surface area contributed by atoms with Gasteiger partial charge in [-0.3, -0.25) is 4.79 Å². The molecule has 0 bridgehead atoms. The zero-order valence-electron chi connectivity index (χ0n) is 12.3. The summed E-state index contributed by atoms with van der Waals surface area (Å²) >= 11 is 3.15. The van der Waals surface area contributed by atoms with E-state index in [2.05, 4.69) is 21.2 Å². The quantitative estimate of drug-likeness (QED) is 0.661. The van der Waals surface area contributed by atoms with E-state index in [1.165, 1.54) is 16.5 Å². The highest BCUT2D eigenvalue weighted by atomic mass is 32.2. The van der Waals surface area contributed by atoms with E-state index in [-0.39, 0.29) is 5.91 Å². The van der Waals surface area contributed by atoms with E-state index >= 15 is 0 Å². The summed E-state index contributed by atoms with van der Waals surface area (Å²) in [5.41, 5.74) is 1.02. The van der Waals surface area contributed by atoms with Crippen LogP contribution in [0.2, 0.25) is 0 Å². The van der Waals surface area contributed by atoms with Crippen LogP contribution >= 0.6 is 23.1 Å². The smallest absolute Gasteiger partial charge is 0.277 e. The molecule has 1 saturated heterocycles. The topological polar surface area (TPSA) is 72.1 Å². The van der Waals surface area contributed by atoms with E-state index in [9.17, 15) is 4.79 Å². The first-order chi connectivity index (χ1) is 11.3. The van der Waals surface area contributed by atoms with Gasteiger partial charge in [-0.05, 0) is 18.6 Å². The number of nitrogens with zero attached hydrogens (tertiary/aromatic N) is 4. The Morgan fingerprint density at radius 3 is 3.04 bits per heavy atom. The number of amides is 1. The minimum Gasteiger partial charge on any atom is -0.414 e. The lowest BCUT2D eigenvalue weighted by molar-refractivity contribution is -0.128. The Morgan fingerprint density at radius 2 is 2.22 bits per heavy atom. The standard InChI is InChI=1S/C15H14N4O2S2/c20-14-6-3-7-19(14)8-12-17-18-15(21-12)22-9-13-16-10-4-1-2-5-11(10)23-13/h1-2,4-5H,3,6-9H2. The number of aromatic nitrogens is 3. The van der Waals surface area contributed by atoms with Gasteiger partial charge in [-0.1, -0.05) is 23.9 Å². The van der Waals surface area contributed by atoms with E-state index in [0.29, 0.717) is 29.8 Å². The molecule has 0 unspecified atom stereocenters. The van der Waals surface area contributed by atoms with Crippen LogP contribution in [0.5, 0.6) is 0 Å². The van der Waals surface area contributed by atoms with Gasteiger partial charge in [0, 0.05) is 13.0 Å². The van der Waals surface area contributed by atoms with Crippen molar-refractivity contribution in [2.75, 3.05) is 6.54 Å². The average molecular weight is 346 g/mol. The van der Waals surface area contributed by atoms with Gasteiger partial charge < -0.3 is 9.32 Å². The number of hydrogen-bond acceptors (Lipinski definition) is 7. The van der Waals surface area contributed by atoms with Crippen LogP contribution < -0.4 is 0 Å². The Bertz CT molecular complexity index is 812. The first-order valence-electron chi connectivity index (χ1n) is 7.35. The van der Waals surface area contributed by atoms with E-state index in [1.54, 1.807) is 16.2 Å². The van der Waals surface area contributed by atoms with E-state index in [4.69, 9.17) is 4.42 Å². The van der Waals surface area contributed by atoms with E-state index in [0.717, 1.165) is 23.5 Å². The molecular weight excluding hydrogens is 332 g/mol. The summed E-state index contributed by atoms with van der Waals surface area (Å²) < 4.78 is 6.80. The molecule has 3 heterocycles. The number of thiazole rings is 1. The lowest BCUT2D eigenvalue weighted by atomic mass is 10.3. The number of hydrogen-bond donors (Lipinski definition) is 0. The second-order valence-electron chi connectivity index (χ2n) is 5.24. The number of likely N-dealkylation sites (tertiary alicyclic amines) is 1. The monoisotopic (exact) mass is 346 g/mol. The van der Waals surface area contributed by atoms with Crippen LogP contribution in [0, 0.1) is 0 Å². The molecule has 1 aliphatic heterocycles. The second kappa shape index (κ2) is 6.29. The maximum Gasteiger partial charge on any atom is 0.277 e. The SMILES string of the molecule is O=C1CCCN1Cc1nnc(SCc2nc3ccccc3s2)o1. The molecule has 8 heteroatoms. The molecule has 4 rings (SSSR count). The highest BCUT2D eigenvalue weighted by molar-refractivity contribution is 7.98. The Morgan fingerprint density at radius 1 is 1.30 bits per heavy atom. The van der Waals surface area contributed by atoms with Crippen LogP contribution in [0.15, 0.2) is 33.9 Å². The van der Waals surface area contributed by atoms with Crippen LogP contribution in [-0.2, 0) is 17.1 Å². The van der Waals surface area contributed by atoms with Crippen LogP contribution in [0.1, 0.15) is 23.7 Å². The minimum absolute atomic E-state index is 0.159. The average Bonchev–Trinajstić information content (AvgIpc) is 3.26. The number of para-hydroxylation sites is 1. The molecule has 1 aliphatic rings. The van der Waals surface area contributed by atoms with Crippen molar-refractivity contribution in [1.29, 1.82) is 0 Å². The van der Waals surface area contributed by atoms with Gasteiger partial charge in [0.2, 0.25) is 11.8 Å². The summed E-state index contributed by atoms with van der Waals surface area (Å²) in [4.78, 5) is 17.9. The molecule has 0 aliphatic carbocycles. The Balaban J connectivity index is 1.38. The predicted molar refractivity (Wildman–Crippen MR) is 88.1 cm³/mol. The van der Waals surface area contributed by atoms with Gasteiger partial charge in [-0.25, -0.2) is 4.98 Å². The highest BCUT2D eigenvalue weighted by Crippen LogP contribution is 2.28. The molecule has 0 spiro atoms. The largest absolute Gasteiger partial charge is 0.414 e. The number of thioether (sulfide) groups is 1. The molecule has 118 valence electrons. The lowest BCUT2D eigenvalue weighted by Crippen LogP contribution is -2.23. The molecule has 0 N–H and O–H groups in total. The summed E-state index contributed by atoms with van der Waals surface area (Å²) in [6, 6.07) is 8.08. The number of rotatable bonds is 5. The number of benzene rings is 1. The summed E-state index contributed by atoms with van der Waals surface area (Å²) in [6.07, 6.45) is 1.53. The fourth-order valence-corrected chi connectivity index (χ4v) is 4.24. The molecular formula is C15H14N4O2S2. The molecule has 1 fully saturated rings. The molecule has 23 heavy (non-hydrogen) atoms. The van der Waals surface area contributed by atoms with Crippen molar-refractivity contribution < 1.29 is 9.21 Å². The van der Waals surface area contributed by atoms with Gasteiger partial charge in [0.1, 0.15) is 5.01 Å². The molecule has 1 amide bonds. The van der Waals surface area contributed by atoms with E-state index < -0.39 is 0 Å². The van der Waals surface area contributed by atoms with Crippen molar-refractivity contribution in [2.45, 2.75) is 30.4 Å². The zero-order valence-corrected chi connectivity index (χ0v) is 13.9. The van der Waals surface area contributed by atoms with Crippen LogP contribution in [0.25, 0.3) is 10.2 Å². The minimum atomic E-state index is 0.159. The van der Waals surface area contributed by atoms with Gasteiger partial charge in [-0.2, -0.15) is 0 Å². The second-order valence-corrected chi connectivity index (χ2v) is 7.29. The first-order valence-corrected chi connectivity index (χ1v) is 9.15. The van der Waals surface area contributed by atoms with Gasteiger partial charge in [-0.15, -0.1) is 21.5 Å². The summed E-state index contributed by atoms with van der Waals surface area (Å²) in [5, 5.41) is 9.61. The third kappa shape index (κ3) is 3.23. The van der Waals surface area contributed by atoms with Crippen LogP contribution in [0.4, 0.5) is 0 Å². The Hall–Kier alpha value is -1.93. The lowest BCUT2D eigenvalue weighted by Gasteiger charge is -2.11. The number of carbonyl (C=O) groups is 1. The highest BCUT2D eigenvalue weighted by Gasteiger charge is 2.22. The van der Waals surface area contributed by atoms with Gasteiger partial charge in [0.25, 0.3) is 5.22 Å². The third-order valence-corrected chi connectivity index (χ3v) is 5.65. The summed E-state index contributed by atoms with van der Waals surface area (Å²) in [5.74, 6) is 1.35. The molecule has 2 aromatic heterocycles. The predicted octanol–water partition coefficient (Wildman–Crippen LogP) is 3.09. The van der Waals surface area contributed by atoms with E-state index in [1.807, 2.05) is 18.2 Å². The van der Waals surface area contributed by atoms with Crippen molar-refractivity contribution in [3.05, 3.63) is 35.2 Å². The fraction of sp³-hybridized carbons (Fsp3) is 0.333.